The van der Waals surface area contributed by atoms with Crippen LogP contribution in [0.15, 0.2) is 29.1 Å². The van der Waals surface area contributed by atoms with Gasteiger partial charge in [-0.05, 0) is 28.7 Å². The van der Waals surface area contributed by atoms with Crippen LogP contribution in [0.4, 0.5) is 0 Å². The molecule has 0 aliphatic heterocycles. The molecule has 0 amide bonds. The van der Waals surface area contributed by atoms with Crippen LogP contribution < -0.4 is 5.32 Å². The molecule has 0 aliphatic carbocycles. The lowest BCUT2D eigenvalue weighted by atomic mass is 10.2. The maximum absolute atomic E-state index is 5.51. The average Bonchev–Trinajstić information content (AvgIpc) is 2.86. The molecule has 0 unspecified atom stereocenters. The van der Waals surface area contributed by atoms with Crippen LogP contribution in [0.3, 0.4) is 0 Å². The molecule has 2 rings (SSSR count). The van der Waals surface area contributed by atoms with Crippen LogP contribution in [0.2, 0.25) is 0 Å². The Morgan fingerprint density at radius 2 is 2.35 bits per heavy atom. The SMILES string of the molecule is CC(C)NCc1ccoc1Cn1cc(I)cn1. The molecule has 0 aliphatic rings. The van der Waals surface area contributed by atoms with Crippen molar-refractivity contribution < 1.29 is 4.42 Å². The smallest absolute Gasteiger partial charge is 0.129 e. The number of hydrogen-bond acceptors (Lipinski definition) is 3. The van der Waals surface area contributed by atoms with Crippen LogP contribution in [-0.2, 0) is 13.1 Å². The van der Waals surface area contributed by atoms with E-state index in [1.807, 2.05) is 23.1 Å². The molecule has 2 heterocycles. The Hall–Kier alpha value is -0.820. The number of rotatable bonds is 5. The number of halogens is 1. The fourth-order valence-electron chi connectivity index (χ4n) is 1.55. The van der Waals surface area contributed by atoms with E-state index < -0.39 is 0 Å². The van der Waals surface area contributed by atoms with Crippen molar-refractivity contribution >= 4 is 22.6 Å². The summed E-state index contributed by atoms with van der Waals surface area (Å²) in [7, 11) is 0. The standard InChI is InChI=1S/C12H16IN3O/c1-9(2)14-5-10-3-4-17-12(10)8-16-7-11(13)6-15-16/h3-4,6-7,9,14H,5,8H2,1-2H3. The Balaban J connectivity index is 2.03. The molecular weight excluding hydrogens is 329 g/mol. The van der Waals surface area contributed by atoms with Gasteiger partial charge in [-0.3, -0.25) is 4.68 Å². The minimum Gasteiger partial charge on any atom is -0.467 e. The van der Waals surface area contributed by atoms with Crippen molar-refractivity contribution in [1.29, 1.82) is 0 Å². The van der Waals surface area contributed by atoms with E-state index in [2.05, 4.69) is 46.9 Å². The predicted molar refractivity (Wildman–Crippen MR) is 74.7 cm³/mol. The molecule has 4 nitrogen and oxygen atoms in total. The first-order valence-corrected chi connectivity index (χ1v) is 6.69. The molecule has 5 heteroatoms. The minimum absolute atomic E-state index is 0.475. The van der Waals surface area contributed by atoms with Gasteiger partial charge in [0.15, 0.2) is 0 Å². The van der Waals surface area contributed by atoms with Crippen LogP contribution in [-0.4, -0.2) is 15.8 Å². The van der Waals surface area contributed by atoms with Gasteiger partial charge in [-0.25, -0.2) is 0 Å². The summed E-state index contributed by atoms with van der Waals surface area (Å²) in [6.07, 6.45) is 5.58. The van der Waals surface area contributed by atoms with Crippen molar-refractivity contribution in [3.8, 4) is 0 Å². The molecule has 0 fully saturated rings. The maximum atomic E-state index is 5.51. The topological polar surface area (TPSA) is 43.0 Å². The maximum Gasteiger partial charge on any atom is 0.129 e. The molecular formula is C12H16IN3O. The van der Waals surface area contributed by atoms with Gasteiger partial charge < -0.3 is 9.73 Å². The first-order valence-electron chi connectivity index (χ1n) is 5.61. The van der Waals surface area contributed by atoms with Crippen LogP contribution in [0.25, 0.3) is 0 Å². The molecule has 2 aromatic heterocycles. The fraction of sp³-hybridized carbons (Fsp3) is 0.417. The lowest BCUT2D eigenvalue weighted by molar-refractivity contribution is 0.470. The lowest BCUT2D eigenvalue weighted by Crippen LogP contribution is -2.22. The number of aromatic nitrogens is 2. The highest BCUT2D eigenvalue weighted by molar-refractivity contribution is 14.1. The highest BCUT2D eigenvalue weighted by atomic mass is 127. The molecule has 92 valence electrons. The third kappa shape index (κ3) is 3.57. The highest BCUT2D eigenvalue weighted by Gasteiger charge is 2.08. The third-order valence-corrected chi connectivity index (χ3v) is 3.00. The van der Waals surface area contributed by atoms with Gasteiger partial charge in [0.2, 0.25) is 0 Å². The number of nitrogens with one attached hydrogen (secondary N) is 1. The largest absolute Gasteiger partial charge is 0.467 e. The molecule has 0 spiro atoms. The monoisotopic (exact) mass is 345 g/mol. The second-order valence-corrected chi connectivity index (χ2v) is 5.51. The summed E-state index contributed by atoms with van der Waals surface area (Å²) in [5, 5.41) is 7.64. The number of hydrogen-bond donors (Lipinski definition) is 1. The number of nitrogens with zero attached hydrogens (tertiary/aromatic N) is 2. The average molecular weight is 345 g/mol. The Bertz CT molecular complexity index is 476. The summed E-state index contributed by atoms with van der Waals surface area (Å²) in [5.41, 5.74) is 1.20. The van der Waals surface area contributed by atoms with Gasteiger partial charge in [-0.1, -0.05) is 13.8 Å². The lowest BCUT2D eigenvalue weighted by Gasteiger charge is -2.08. The van der Waals surface area contributed by atoms with Crippen LogP contribution in [0.5, 0.6) is 0 Å². The van der Waals surface area contributed by atoms with Gasteiger partial charge in [0.05, 0.1) is 22.6 Å². The van der Waals surface area contributed by atoms with Gasteiger partial charge in [0.25, 0.3) is 0 Å². The quantitative estimate of drug-likeness (QED) is 0.848. The van der Waals surface area contributed by atoms with E-state index in [1.54, 1.807) is 6.26 Å². The minimum atomic E-state index is 0.475. The summed E-state index contributed by atoms with van der Waals surface area (Å²) in [4.78, 5) is 0. The van der Waals surface area contributed by atoms with Crippen molar-refractivity contribution in [2.75, 3.05) is 0 Å². The molecule has 17 heavy (non-hydrogen) atoms. The molecule has 0 bridgehead atoms. The summed E-state index contributed by atoms with van der Waals surface area (Å²) in [6, 6.07) is 2.49. The van der Waals surface area contributed by atoms with Gasteiger partial charge in [-0.15, -0.1) is 0 Å². The zero-order chi connectivity index (χ0) is 12.3. The van der Waals surface area contributed by atoms with Crippen molar-refractivity contribution in [2.45, 2.75) is 33.0 Å². The van der Waals surface area contributed by atoms with E-state index in [9.17, 15) is 0 Å². The van der Waals surface area contributed by atoms with E-state index in [0.29, 0.717) is 12.6 Å². The van der Waals surface area contributed by atoms with E-state index >= 15 is 0 Å². The van der Waals surface area contributed by atoms with Crippen molar-refractivity contribution in [2.24, 2.45) is 0 Å². The third-order valence-electron chi connectivity index (χ3n) is 2.45. The fourth-order valence-corrected chi connectivity index (χ4v) is 2.00. The van der Waals surface area contributed by atoms with Crippen LogP contribution in [0, 0.1) is 3.57 Å². The highest BCUT2D eigenvalue weighted by Crippen LogP contribution is 2.13. The van der Waals surface area contributed by atoms with E-state index in [1.165, 1.54) is 5.56 Å². The molecule has 1 N–H and O–H groups in total. The Kier molecular flexibility index (Phi) is 4.22. The first-order chi connectivity index (χ1) is 8.15. The second-order valence-electron chi connectivity index (χ2n) is 4.26. The Labute approximate surface area is 115 Å². The second kappa shape index (κ2) is 5.68. The summed E-state index contributed by atoms with van der Waals surface area (Å²) in [6.45, 7) is 5.79. The molecule has 0 radical (unpaired) electrons. The Morgan fingerprint density at radius 1 is 1.53 bits per heavy atom. The normalized spacial score (nSPS) is 11.3. The van der Waals surface area contributed by atoms with Gasteiger partial charge in [-0.2, -0.15) is 5.10 Å². The van der Waals surface area contributed by atoms with Gasteiger partial charge in [0.1, 0.15) is 5.76 Å². The summed E-state index contributed by atoms with van der Waals surface area (Å²) in [5.74, 6) is 0.970. The van der Waals surface area contributed by atoms with E-state index in [4.69, 9.17) is 4.42 Å². The molecule has 0 aromatic carbocycles. The molecule has 0 atom stereocenters. The molecule has 0 saturated heterocycles. The Morgan fingerprint density at radius 3 is 3.00 bits per heavy atom. The summed E-state index contributed by atoms with van der Waals surface area (Å²) < 4.78 is 8.53. The zero-order valence-electron chi connectivity index (χ0n) is 9.98. The van der Waals surface area contributed by atoms with Crippen LogP contribution >= 0.6 is 22.6 Å². The summed E-state index contributed by atoms with van der Waals surface area (Å²) >= 11 is 2.25. The van der Waals surface area contributed by atoms with E-state index in [0.717, 1.165) is 15.9 Å². The van der Waals surface area contributed by atoms with E-state index in [-0.39, 0.29) is 0 Å². The molecule has 2 aromatic rings. The zero-order valence-corrected chi connectivity index (χ0v) is 12.1. The van der Waals surface area contributed by atoms with Gasteiger partial charge >= 0.3 is 0 Å². The van der Waals surface area contributed by atoms with Crippen molar-refractivity contribution in [3.63, 3.8) is 0 Å². The number of furan rings is 1. The van der Waals surface area contributed by atoms with Gasteiger partial charge in [0, 0.05) is 24.3 Å². The van der Waals surface area contributed by atoms with Crippen LogP contribution in [0.1, 0.15) is 25.2 Å². The van der Waals surface area contributed by atoms with Crippen molar-refractivity contribution in [1.82, 2.24) is 15.1 Å². The molecule has 0 saturated carbocycles. The predicted octanol–water partition coefficient (Wildman–Crippen LogP) is 2.63. The first kappa shape index (κ1) is 12.6. The van der Waals surface area contributed by atoms with Crippen molar-refractivity contribution in [3.05, 3.63) is 39.6 Å².